The van der Waals surface area contributed by atoms with Crippen molar-refractivity contribution >= 4 is 23.3 Å². The molecular weight excluding hydrogens is 482 g/mol. The lowest BCUT2D eigenvalue weighted by atomic mass is 9.80. The Morgan fingerprint density at radius 2 is 1.76 bits per heavy atom. The third-order valence-corrected chi connectivity index (χ3v) is 8.36. The Morgan fingerprint density at radius 1 is 1.11 bits per heavy atom. The van der Waals surface area contributed by atoms with Crippen LogP contribution in [0.15, 0.2) is 24.3 Å². The summed E-state index contributed by atoms with van der Waals surface area (Å²) in [4.78, 5) is 45.3. The van der Waals surface area contributed by atoms with E-state index in [4.69, 9.17) is 4.74 Å². The number of halogens is 2. The predicted molar refractivity (Wildman–Crippen MR) is 136 cm³/mol. The highest BCUT2D eigenvalue weighted by molar-refractivity contribution is 5.99. The summed E-state index contributed by atoms with van der Waals surface area (Å²) in [7, 11) is 0. The fourth-order valence-electron chi connectivity index (χ4n) is 5.46. The van der Waals surface area contributed by atoms with Gasteiger partial charge < -0.3 is 24.8 Å². The second-order valence-corrected chi connectivity index (χ2v) is 10.9. The van der Waals surface area contributed by atoms with Crippen molar-refractivity contribution in [1.82, 2.24) is 15.1 Å². The van der Waals surface area contributed by atoms with Crippen LogP contribution in [0.4, 0.5) is 14.5 Å². The van der Waals surface area contributed by atoms with Gasteiger partial charge in [0.2, 0.25) is 12.3 Å². The maximum Gasteiger partial charge on any atom is 0.251 e. The monoisotopic (exact) mass is 520 g/mol. The number of hydrogen-bond donors (Lipinski definition) is 1. The number of nitrogens with one attached hydrogen (secondary N) is 1. The summed E-state index contributed by atoms with van der Waals surface area (Å²) in [5, 5.41) is 2.86. The molecule has 0 aliphatic carbocycles. The standard InChI is InChI=1S/C27H38F2N4O4/c1-5-27(3,4)23(26(36)33-15-19(24(28)29)22-21(33)20(34)16-37-22)30-25(35)17-7-9-18(10-8-17)32-13-11-31(6-2)12-14-32/h7-10,19,21-24H,5-6,11-16H2,1-4H3,(H,30,35)/t19-,21+,22+,23?/m0/s1. The molecule has 1 N–H and O–H groups in total. The van der Waals surface area contributed by atoms with Crippen molar-refractivity contribution < 1.29 is 27.9 Å². The van der Waals surface area contributed by atoms with Crippen LogP contribution < -0.4 is 10.2 Å². The number of ether oxygens (including phenoxy) is 1. The second kappa shape index (κ2) is 11.0. The number of rotatable bonds is 8. The normalized spacial score (nSPS) is 25.5. The lowest BCUT2D eigenvalue weighted by molar-refractivity contribution is -0.140. The summed E-state index contributed by atoms with van der Waals surface area (Å²) in [5.41, 5.74) is 0.771. The molecule has 204 valence electrons. The van der Waals surface area contributed by atoms with E-state index in [1.807, 2.05) is 32.9 Å². The van der Waals surface area contributed by atoms with Gasteiger partial charge in [0.1, 0.15) is 18.7 Å². The van der Waals surface area contributed by atoms with Crippen molar-refractivity contribution in [3.05, 3.63) is 29.8 Å². The lowest BCUT2D eigenvalue weighted by Crippen LogP contribution is -2.57. The van der Waals surface area contributed by atoms with E-state index < -0.39 is 47.8 Å². The fraction of sp³-hybridized carbons (Fsp3) is 0.667. The smallest absolute Gasteiger partial charge is 0.251 e. The second-order valence-electron chi connectivity index (χ2n) is 10.9. The maximum absolute atomic E-state index is 13.7. The topological polar surface area (TPSA) is 82.2 Å². The first kappa shape index (κ1) is 27.4. The highest BCUT2D eigenvalue weighted by Crippen LogP contribution is 2.37. The quantitative estimate of drug-likeness (QED) is 0.567. The molecular formula is C27H38F2N4O4. The predicted octanol–water partition coefficient (Wildman–Crippen LogP) is 2.42. The average Bonchev–Trinajstić information content (AvgIpc) is 3.47. The first-order valence-corrected chi connectivity index (χ1v) is 13.2. The third-order valence-electron chi connectivity index (χ3n) is 8.36. The SMILES string of the molecule is CCN1CCN(c2ccc(C(=O)NC(C(=O)N3C[C@H](C(F)F)[C@H]4OCC(=O)[C@H]43)C(C)(C)CC)cc2)CC1. The van der Waals surface area contributed by atoms with Crippen LogP contribution in [0.25, 0.3) is 0 Å². The van der Waals surface area contributed by atoms with Gasteiger partial charge in [0.15, 0.2) is 5.78 Å². The molecule has 3 saturated heterocycles. The van der Waals surface area contributed by atoms with Crippen molar-refractivity contribution in [3.8, 4) is 0 Å². The summed E-state index contributed by atoms with van der Waals surface area (Å²) < 4.78 is 32.7. The Hall–Kier alpha value is -2.59. The Balaban J connectivity index is 1.50. The van der Waals surface area contributed by atoms with E-state index in [1.54, 1.807) is 12.1 Å². The number of amides is 2. The zero-order valence-corrected chi connectivity index (χ0v) is 22.1. The minimum Gasteiger partial charge on any atom is -0.369 e. The number of nitrogens with zero attached hydrogens (tertiary/aromatic N) is 3. The van der Waals surface area contributed by atoms with Crippen LogP contribution in [0.3, 0.4) is 0 Å². The summed E-state index contributed by atoms with van der Waals surface area (Å²) in [6.45, 7) is 12.0. The highest BCUT2D eigenvalue weighted by atomic mass is 19.3. The summed E-state index contributed by atoms with van der Waals surface area (Å²) in [6.07, 6.45) is -3.17. The molecule has 0 bridgehead atoms. The molecule has 1 unspecified atom stereocenters. The number of likely N-dealkylation sites (tertiary alicyclic amines) is 1. The van der Waals surface area contributed by atoms with E-state index in [-0.39, 0.29) is 18.9 Å². The van der Waals surface area contributed by atoms with Gasteiger partial charge in [0.05, 0.1) is 12.0 Å². The molecule has 37 heavy (non-hydrogen) atoms. The Morgan fingerprint density at radius 3 is 2.32 bits per heavy atom. The molecule has 3 fully saturated rings. The van der Waals surface area contributed by atoms with Crippen LogP contribution in [0, 0.1) is 11.3 Å². The molecule has 2 amide bonds. The molecule has 0 radical (unpaired) electrons. The number of benzene rings is 1. The van der Waals surface area contributed by atoms with Crippen LogP contribution >= 0.6 is 0 Å². The van der Waals surface area contributed by atoms with Crippen LogP contribution in [0.1, 0.15) is 44.5 Å². The third kappa shape index (κ3) is 5.50. The Kier molecular flexibility index (Phi) is 8.18. The number of carbonyl (C=O) groups is 3. The number of fused-ring (bicyclic) bond motifs is 1. The van der Waals surface area contributed by atoms with Gasteiger partial charge in [0.25, 0.3) is 5.91 Å². The van der Waals surface area contributed by atoms with E-state index in [2.05, 4.69) is 22.0 Å². The van der Waals surface area contributed by atoms with Crippen molar-refractivity contribution in [1.29, 1.82) is 0 Å². The first-order chi connectivity index (χ1) is 17.6. The molecule has 3 aliphatic heterocycles. The van der Waals surface area contributed by atoms with E-state index in [0.717, 1.165) is 38.4 Å². The molecule has 0 aromatic heterocycles. The number of carbonyl (C=O) groups excluding carboxylic acids is 3. The molecule has 0 spiro atoms. The van der Waals surface area contributed by atoms with Gasteiger partial charge >= 0.3 is 0 Å². The van der Waals surface area contributed by atoms with Crippen molar-refractivity contribution in [2.45, 2.75) is 58.7 Å². The molecule has 4 atom stereocenters. The molecule has 1 aromatic rings. The van der Waals surface area contributed by atoms with Gasteiger partial charge in [-0.25, -0.2) is 8.78 Å². The zero-order chi connectivity index (χ0) is 26.9. The van der Waals surface area contributed by atoms with Crippen molar-refractivity contribution in [2.24, 2.45) is 11.3 Å². The largest absolute Gasteiger partial charge is 0.369 e. The minimum absolute atomic E-state index is 0.274. The molecule has 10 heteroatoms. The molecule has 3 aliphatic rings. The van der Waals surface area contributed by atoms with Crippen LogP contribution in [0.5, 0.6) is 0 Å². The van der Waals surface area contributed by atoms with Gasteiger partial charge in [-0.2, -0.15) is 0 Å². The van der Waals surface area contributed by atoms with Gasteiger partial charge in [-0.3, -0.25) is 14.4 Å². The summed E-state index contributed by atoms with van der Waals surface area (Å²) in [5.74, 6) is -2.55. The lowest BCUT2D eigenvalue weighted by Gasteiger charge is -2.37. The van der Waals surface area contributed by atoms with E-state index in [9.17, 15) is 23.2 Å². The molecule has 8 nitrogen and oxygen atoms in total. The van der Waals surface area contributed by atoms with Crippen LogP contribution in [-0.4, -0.2) is 97.9 Å². The van der Waals surface area contributed by atoms with E-state index >= 15 is 0 Å². The van der Waals surface area contributed by atoms with E-state index in [0.29, 0.717) is 12.0 Å². The zero-order valence-electron chi connectivity index (χ0n) is 22.1. The number of likely N-dealkylation sites (N-methyl/N-ethyl adjacent to an activating group) is 1. The number of hydrogen-bond acceptors (Lipinski definition) is 6. The number of ketones is 1. The molecule has 4 rings (SSSR count). The number of Topliss-reactive ketones (excluding diaryl/α,β-unsaturated/α-hetero) is 1. The first-order valence-electron chi connectivity index (χ1n) is 13.2. The summed E-state index contributed by atoms with van der Waals surface area (Å²) >= 11 is 0. The Labute approximate surface area is 217 Å². The average molecular weight is 521 g/mol. The van der Waals surface area contributed by atoms with Gasteiger partial charge in [-0.15, -0.1) is 0 Å². The van der Waals surface area contributed by atoms with Crippen LogP contribution in [-0.2, 0) is 14.3 Å². The Bertz CT molecular complexity index is 995. The van der Waals surface area contributed by atoms with Gasteiger partial charge in [-0.1, -0.05) is 27.7 Å². The minimum atomic E-state index is -2.72. The number of anilines is 1. The van der Waals surface area contributed by atoms with E-state index in [1.165, 1.54) is 4.90 Å². The maximum atomic E-state index is 13.7. The number of piperazine rings is 1. The fourth-order valence-corrected chi connectivity index (χ4v) is 5.46. The molecule has 0 saturated carbocycles. The van der Waals surface area contributed by atoms with Gasteiger partial charge in [0, 0.05) is 44.0 Å². The summed E-state index contributed by atoms with van der Waals surface area (Å²) in [6, 6.07) is 5.27. The van der Waals surface area contributed by atoms with Crippen molar-refractivity contribution in [3.63, 3.8) is 0 Å². The van der Waals surface area contributed by atoms with Crippen molar-refractivity contribution in [2.75, 3.05) is 50.8 Å². The molecule has 3 heterocycles. The highest BCUT2D eigenvalue weighted by Gasteiger charge is 2.56. The van der Waals surface area contributed by atoms with Gasteiger partial charge in [-0.05, 0) is 42.6 Å². The number of alkyl halides is 2. The molecule has 1 aromatic carbocycles. The van der Waals surface area contributed by atoms with Crippen LogP contribution in [0.2, 0.25) is 0 Å².